The predicted molar refractivity (Wildman–Crippen MR) is 69.1 cm³/mol. The van der Waals surface area contributed by atoms with Crippen LogP contribution in [0.3, 0.4) is 0 Å². The van der Waals surface area contributed by atoms with Crippen LogP contribution in [0.4, 0.5) is 0 Å². The van der Waals surface area contributed by atoms with Crippen molar-refractivity contribution >= 4 is 11.3 Å². The Labute approximate surface area is 105 Å². The van der Waals surface area contributed by atoms with Crippen molar-refractivity contribution in [2.45, 2.75) is 26.9 Å². The van der Waals surface area contributed by atoms with E-state index >= 15 is 0 Å². The number of hydrogen-bond acceptors (Lipinski definition) is 4. The molecule has 0 amide bonds. The van der Waals surface area contributed by atoms with E-state index in [2.05, 4.69) is 15.5 Å². The van der Waals surface area contributed by atoms with Gasteiger partial charge in [-0.15, -0.1) is 11.3 Å². The minimum absolute atomic E-state index is 0.0655. The zero-order valence-corrected chi connectivity index (χ0v) is 11.4. The van der Waals surface area contributed by atoms with Gasteiger partial charge in [-0.3, -0.25) is 4.68 Å². The second kappa shape index (κ2) is 4.98. The summed E-state index contributed by atoms with van der Waals surface area (Å²) >= 11 is 1.64. The van der Waals surface area contributed by atoms with Crippen molar-refractivity contribution in [2.75, 3.05) is 6.61 Å². The molecule has 5 heteroatoms. The van der Waals surface area contributed by atoms with Gasteiger partial charge in [0, 0.05) is 30.8 Å². The van der Waals surface area contributed by atoms with Crippen molar-refractivity contribution in [1.29, 1.82) is 0 Å². The molecule has 0 N–H and O–H groups in total. The summed E-state index contributed by atoms with van der Waals surface area (Å²) in [6.45, 7) is 6.74. The molecule has 0 aliphatic carbocycles. The first-order valence-corrected chi connectivity index (χ1v) is 6.57. The van der Waals surface area contributed by atoms with Crippen LogP contribution in [0.2, 0.25) is 0 Å². The summed E-state index contributed by atoms with van der Waals surface area (Å²) in [5.41, 5.74) is 3.09. The standard InChI is InChI=1S/C12H17N3OS/c1-5-16-9(3)12-13-11(7-17-12)10-6-15(4)14-8(10)2/h6-7,9H,5H2,1-4H3/t9-/m1/s1. The highest BCUT2D eigenvalue weighted by atomic mass is 32.1. The molecule has 4 nitrogen and oxygen atoms in total. The lowest BCUT2D eigenvalue weighted by Gasteiger charge is -2.06. The maximum absolute atomic E-state index is 5.54. The molecule has 0 radical (unpaired) electrons. The first kappa shape index (κ1) is 12.3. The van der Waals surface area contributed by atoms with E-state index in [4.69, 9.17) is 4.74 Å². The van der Waals surface area contributed by atoms with Crippen LogP contribution in [-0.2, 0) is 11.8 Å². The number of hydrogen-bond donors (Lipinski definition) is 0. The summed E-state index contributed by atoms with van der Waals surface area (Å²) in [5, 5.41) is 7.41. The van der Waals surface area contributed by atoms with Crippen molar-refractivity contribution in [3.05, 3.63) is 22.3 Å². The molecular weight excluding hydrogens is 234 g/mol. The summed E-state index contributed by atoms with van der Waals surface area (Å²) in [6.07, 6.45) is 2.07. The lowest BCUT2D eigenvalue weighted by atomic mass is 10.2. The Balaban J connectivity index is 2.26. The molecule has 0 aliphatic rings. The maximum atomic E-state index is 5.54. The molecule has 0 spiro atoms. The van der Waals surface area contributed by atoms with E-state index in [1.54, 1.807) is 11.3 Å². The first-order valence-electron chi connectivity index (χ1n) is 5.69. The maximum Gasteiger partial charge on any atom is 0.122 e. The monoisotopic (exact) mass is 251 g/mol. The first-order chi connectivity index (χ1) is 8.11. The highest BCUT2D eigenvalue weighted by Crippen LogP contribution is 2.28. The van der Waals surface area contributed by atoms with Crippen LogP contribution in [0.15, 0.2) is 11.6 Å². The topological polar surface area (TPSA) is 39.9 Å². The molecule has 0 aromatic carbocycles. The fraction of sp³-hybridized carbons (Fsp3) is 0.500. The van der Waals surface area contributed by atoms with E-state index in [0.29, 0.717) is 6.61 Å². The largest absolute Gasteiger partial charge is 0.372 e. The number of nitrogens with zero attached hydrogens (tertiary/aromatic N) is 3. The summed E-state index contributed by atoms with van der Waals surface area (Å²) in [7, 11) is 1.92. The third-order valence-corrected chi connectivity index (χ3v) is 3.58. The summed E-state index contributed by atoms with van der Waals surface area (Å²) < 4.78 is 7.35. The normalized spacial score (nSPS) is 12.9. The van der Waals surface area contributed by atoms with Crippen LogP contribution in [0.5, 0.6) is 0 Å². The Morgan fingerprint density at radius 2 is 2.29 bits per heavy atom. The molecule has 2 rings (SSSR count). The highest BCUT2D eigenvalue weighted by Gasteiger charge is 2.13. The Hall–Kier alpha value is -1.20. The number of rotatable bonds is 4. The second-order valence-electron chi connectivity index (χ2n) is 3.97. The molecule has 0 saturated heterocycles. The molecule has 0 bridgehead atoms. The number of aromatic nitrogens is 3. The zero-order valence-electron chi connectivity index (χ0n) is 10.6. The quantitative estimate of drug-likeness (QED) is 0.838. The summed E-state index contributed by atoms with van der Waals surface area (Å²) in [6, 6.07) is 0. The summed E-state index contributed by atoms with van der Waals surface area (Å²) in [4.78, 5) is 4.61. The van der Waals surface area contributed by atoms with Crippen molar-refractivity contribution < 1.29 is 4.74 Å². The van der Waals surface area contributed by atoms with Gasteiger partial charge in [0.05, 0.1) is 11.4 Å². The minimum atomic E-state index is 0.0655. The molecule has 0 fully saturated rings. The molecule has 17 heavy (non-hydrogen) atoms. The van der Waals surface area contributed by atoms with Crippen LogP contribution in [0.1, 0.15) is 30.7 Å². The Kier molecular flexibility index (Phi) is 3.59. The van der Waals surface area contributed by atoms with E-state index in [1.807, 2.05) is 38.7 Å². The lowest BCUT2D eigenvalue weighted by Crippen LogP contribution is -1.98. The van der Waals surface area contributed by atoms with Gasteiger partial charge in [-0.25, -0.2) is 4.98 Å². The van der Waals surface area contributed by atoms with Crippen molar-refractivity contribution in [3.8, 4) is 11.3 Å². The van der Waals surface area contributed by atoms with Crippen LogP contribution < -0.4 is 0 Å². The predicted octanol–water partition coefficient (Wildman–Crippen LogP) is 2.95. The van der Waals surface area contributed by atoms with Crippen LogP contribution in [0.25, 0.3) is 11.3 Å². The second-order valence-corrected chi connectivity index (χ2v) is 4.86. The lowest BCUT2D eigenvalue weighted by molar-refractivity contribution is 0.0762. The van der Waals surface area contributed by atoms with E-state index < -0.39 is 0 Å². The fourth-order valence-electron chi connectivity index (χ4n) is 1.77. The third kappa shape index (κ3) is 2.56. The zero-order chi connectivity index (χ0) is 12.4. The number of aryl methyl sites for hydroxylation is 2. The van der Waals surface area contributed by atoms with E-state index in [0.717, 1.165) is 22.0 Å². The van der Waals surface area contributed by atoms with Crippen molar-refractivity contribution in [2.24, 2.45) is 7.05 Å². The van der Waals surface area contributed by atoms with Crippen LogP contribution in [-0.4, -0.2) is 21.4 Å². The van der Waals surface area contributed by atoms with Gasteiger partial charge < -0.3 is 4.74 Å². The SMILES string of the molecule is CCO[C@H](C)c1nc(-c2cn(C)nc2C)cs1. The summed E-state index contributed by atoms with van der Waals surface area (Å²) in [5.74, 6) is 0. The van der Waals surface area contributed by atoms with Gasteiger partial charge in [0.1, 0.15) is 11.1 Å². The smallest absolute Gasteiger partial charge is 0.122 e. The molecule has 2 aromatic rings. The number of thiazole rings is 1. The van der Waals surface area contributed by atoms with Crippen LogP contribution in [0, 0.1) is 6.92 Å². The minimum Gasteiger partial charge on any atom is -0.372 e. The van der Waals surface area contributed by atoms with Gasteiger partial charge >= 0.3 is 0 Å². The highest BCUT2D eigenvalue weighted by molar-refractivity contribution is 7.10. The average Bonchev–Trinajstić information content (AvgIpc) is 2.85. The van der Waals surface area contributed by atoms with Gasteiger partial charge in [-0.2, -0.15) is 5.10 Å². The van der Waals surface area contributed by atoms with Gasteiger partial charge in [0.2, 0.25) is 0 Å². The molecular formula is C12H17N3OS. The molecule has 0 aliphatic heterocycles. The molecule has 0 saturated carbocycles. The van der Waals surface area contributed by atoms with E-state index in [-0.39, 0.29) is 6.10 Å². The molecule has 0 unspecified atom stereocenters. The Bertz CT molecular complexity index is 504. The van der Waals surface area contributed by atoms with E-state index in [1.165, 1.54) is 0 Å². The van der Waals surface area contributed by atoms with E-state index in [9.17, 15) is 0 Å². The molecule has 2 heterocycles. The Morgan fingerprint density at radius 3 is 2.88 bits per heavy atom. The van der Waals surface area contributed by atoms with Crippen molar-refractivity contribution in [3.63, 3.8) is 0 Å². The average molecular weight is 251 g/mol. The van der Waals surface area contributed by atoms with Crippen molar-refractivity contribution in [1.82, 2.24) is 14.8 Å². The Morgan fingerprint density at radius 1 is 1.53 bits per heavy atom. The fourth-order valence-corrected chi connectivity index (χ4v) is 2.59. The number of ether oxygens (including phenoxy) is 1. The van der Waals surface area contributed by atoms with Gasteiger partial charge in [-0.1, -0.05) is 0 Å². The van der Waals surface area contributed by atoms with Crippen LogP contribution >= 0.6 is 11.3 Å². The van der Waals surface area contributed by atoms with Gasteiger partial charge in [-0.05, 0) is 20.8 Å². The van der Waals surface area contributed by atoms with Gasteiger partial charge in [0.15, 0.2) is 0 Å². The third-order valence-electron chi connectivity index (χ3n) is 2.58. The molecule has 92 valence electrons. The molecule has 2 aromatic heterocycles. The van der Waals surface area contributed by atoms with Gasteiger partial charge in [0.25, 0.3) is 0 Å². The molecule has 1 atom stereocenters.